The van der Waals surface area contributed by atoms with Crippen LogP contribution in [-0.2, 0) is 17.3 Å². The zero-order valence-corrected chi connectivity index (χ0v) is 26.9. The first-order chi connectivity index (χ1) is 17.1. The molecule has 0 unspecified atom stereocenters. The normalized spacial score (nSPS) is 11.9. The Labute approximate surface area is 238 Å². The number of nitrogens with zero attached hydrogens (tertiary/aromatic N) is 2. The Balaban J connectivity index is 0.00000145. The fourth-order valence-electron chi connectivity index (χ4n) is 4.60. The van der Waals surface area contributed by atoms with Crippen LogP contribution in [-0.4, -0.2) is 11.4 Å². The number of halogens is 2. The molecule has 0 aliphatic heterocycles. The summed E-state index contributed by atoms with van der Waals surface area (Å²) in [6.45, 7) is 17.2. The zero-order valence-electron chi connectivity index (χ0n) is 22.7. The van der Waals surface area contributed by atoms with Crippen LogP contribution in [0.3, 0.4) is 0 Å². The van der Waals surface area contributed by atoms with Gasteiger partial charge in [0.1, 0.15) is 0 Å². The molecule has 3 aromatic rings. The van der Waals surface area contributed by atoms with Gasteiger partial charge in [0.2, 0.25) is 0 Å². The van der Waals surface area contributed by atoms with Crippen LogP contribution in [0.2, 0.25) is 0 Å². The summed E-state index contributed by atoms with van der Waals surface area (Å²) in [4.78, 5) is 10.5. The van der Waals surface area contributed by atoms with E-state index in [1.54, 1.807) is 0 Å². The molecule has 5 heteroatoms. The fourth-order valence-corrected chi connectivity index (χ4v) is 4.60. The minimum atomic E-state index is 0.851. The van der Waals surface area contributed by atoms with Crippen molar-refractivity contribution in [1.29, 1.82) is 0 Å². The van der Waals surface area contributed by atoms with Crippen molar-refractivity contribution in [2.24, 2.45) is 9.98 Å². The van der Waals surface area contributed by atoms with Gasteiger partial charge in [-0.3, -0.25) is 9.98 Å². The van der Waals surface area contributed by atoms with Crippen LogP contribution in [0.25, 0.3) is 0 Å². The fraction of sp³-hybridized carbons (Fsp3) is 0.355. The molecule has 0 fully saturated rings. The van der Waals surface area contributed by atoms with Gasteiger partial charge in [-0.15, -0.1) is 0 Å². The summed E-state index contributed by atoms with van der Waals surface area (Å²) in [5, 5.41) is 0. The van der Waals surface area contributed by atoms with E-state index in [9.17, 15) is 0 Å². The molecule has 196 valence electrons. The Morgan fingerprint density at radius 2 is 1.03 bits per heavy atom. The van der Waals surface area contributed by atoms with E-state index in [2.05, 4.69) is 132 Å². The topological polar surface area (TPSA) is 24.7 Å². The summed E-state index contributed by atoms with van der Waals surface area (Å²) >= 11 is 6.00. The third-order valence-electron chi connectivity index (χ3n) is 6.20. The van der Waals surface area contributed by atoms with Gasteiger partial charge < -0.3 is 0 Å². The van der Waals surface area contributed by atoms with E-state index in [4.69, 9.17) is 9.98 Å². The van der Waals surface area contributed by atoms with E-state index >= 15 is 0 Å². The number of hydrogen-bond acceptors (Lipinski definition) is 2. The molecule has 0 bridgehead atoms. The third kappa shape index (κ3) is 9.08. The van der Waals surface area contributed by atoms with Crippen LogP contribution in [0.5, 0.6) is 0 Å². The van der Waals surface area contributed by atoms with Crippen molar-refractivity contribution >= 4 is 51.2 Å². The monoisotopic (exact) mass is 654 g/mol. The van der Waals surface area contributed by atoms with E-state index in [1.165, 1.54) is 55.4 Å². The maximum absolute atomic E-state index is 5.26. The van der Waals surface area contributed by atoms with E-state index in [-0.39, 0.29) is 0 Å². The SMILES string of the molecule is CCC(=Nc1c(C)cc(C)cc1C)C(CCc1ccc(C)cc1)=Nc1c(C)cc(C)cc1C.[Br][Ni][Br]. The molecule has 0 aliphatic rings. The second-order valence-corrected chi connectivity index (χ2v) is 14.5. The molecule has 2 nitrogen and oxygen atoms in total. The van der Waals surface area contributed by atoms with Gasteiger partial charge >= 0.3 is 39.3 Å². The van der Waals surface area contributed by atoms with Crippen LogP contribution in [0, 0.1) is 48.5 Å². The first-order valence-corrected chi connectivity index (χ1v) is 17.2. The summed E-state index contributed by atoms with van der Waals surface area (Å²) < 4.78 is 0. The molecule has 0 aromatic heterocycles. The summed E-state index contributed by atoms with van der Waals surface area (Å²) in [5.74, 6) is 0. The number of aliphatic imine (C=N–C) groups is 2. The standard InChI is InChI=1S/C31H38N2.2BrH.Ni/c1-9-28(32-30-23(5)16-21(3)17-24(30)6)29(15-14-27-12-10-20(2)11-13-27)33-31-25(7)18-22(4)19-26(31)8;;;/h10-13,16-19H,9,14-15H2,1-8H3;2*1H;/q;;;+2/p-2. The molecule has 3 rings (SSSR count). The van der Waals surface area contributed by atoms with E-state index < -0.39 is 0 Å². The van der Waals surface area contributed by atoms with Crippen molar-refractivity contribution in [2.45, 2.75) is 74.7 Å². The summed E-state index contributed by atoms with van der Waals surface area (Å²) in [6.07, 6.45) is 2.67. The molecule has 36 heavy (non-hydrogen) atoms. The van der Waals surface area contributed by atoms with Gasteiger partial charge in [0.05, 0.1) is 22.8 Å². The van der Waals surface area contributed by atoms with E-state index in [0.717, 1.165) is 42.1 Å². The number of hydrogen-bond donors (Lipinski definition) is 0. The molecule has 0 spiro atoms. The van der Waals surface area contributed by atoms with Gasteiger partial charge in [0.25, 0.3) is 0 Å². The Morgan fingerprint density at radius 1 is 0.639 bits per heavy atom. The average molecular weight is 657 g/mol. The van der Waals surface area contributed by atoms with Crippen molar-refractivity contribution in [1.82, 2.24) is 0 Å². The Bertz CT molecular complexity index is 1180. The van der Waals surface area contributed by atoms with Crippen LogP contribution >= 0.6 is 28.5 Å². The van der Waals surface area contributed by atoms with Crippen LogP contribution < -0.4 is 0 Å². The van der Waals surface area contributed by atoms with Crippen molar-refractivity contribution in [3.63, 3.8) is 0 Å². The quantitative estimate of drug-likeness (QED) is 0.179. The molecule has 0 N–H and O–H groups in total. The molecule has 0 saturated heterocycles. The Kier molecular flexibility index (Phi) is 12.8. The second kappa shape index (κ2) is 15.0. The predicted octanol–water partition coefficient (Wildman–Crippen LogP) is 10.4. The summed E-state index contributed by atoms with van der Waals surface area (Å²) in [7, 11) is 1.25. The Morgan fingerprint density at radius 3 is 1.42 bits per heavy atom. The number of benzene rings is 3. The van der Waals surface area contributed by atoms with E-state index in [0.29, 0.717) is 0 Å². The number of rotatable bonds is 7. The molecule has 0 saturated carbocycles. The average Bonchev–Trinajstić information content (AvgIpc) is 2.80. The maximum atomic E-state index is 5.26. The van der Waals surface area contributed by atoms with E-state index in [1.807, 2.05) is 0 Å². The van der Waals surface area contributed by atoms with Crippen molar-refractivity contribution in [2.75, 3.05) is 0 Å². The molecule has 0 atom stereocenters. The van der Waals surface area contributed by atoms with Crippen LogP contribution in [0.15, 0.2) is 58.5 Å². The Hall–Kier alpha value is -1.55. The molecule has 0 aliphatic carbocycles. The molecule has 0 radical (unpaired) electrons. The van der Waals surface area contributed by atoms with Crippen LogP contribution in [0.1, 0.15) is 64.3 Å². The molecular formula is C31H38Br2N2Ni. The second-order valence-electron chi connectivity index (χ2n) is 9.50. The van der Waals surface area contributed by atoms with Crippen LogP contribution in [0.4, 0.5) is 11.4 Å². The van der Waals surface area contributed by atoms with Crippen molar-refractivity contribution < 1.29 is 10.9 Å². The van der Waals surface area contributed by atoms with Gasteiger partial charge in [0, 0.05) is 0 Å². The summed E-state index contributed by atoms with van der Waals surface area (Å²) in [5.41, 5.74) is 14.4. The van der Waals surface area contributed by atoms with Gasteiger partial charge in [-0.2, -0.15) is 0 Å². The minimum absolute atomic E-state index is 0.851. The number of aryl methyl sites for hydroxylation is 8. The molecule has 0 heterocycles. The first-order valence-electron chi connectivity index (χ1n) is 12.3. The van der Waals surface area contributed by atoms with Gasteiger partial charge in [-0.25, -0.2) is 0 Å². The predicted molar refractivity (Wildman–Crippen MR) is 163 cm³/mol. The van der Waals surface area contributed by atoms with Crippen molar-refractivity contribution in [3.8, 4) is 0 Å². The van der Waals surface area contributed by atoms with Gasteiger partial charge in [0.15, 0.2) is 0 Å². The van der Waals surface area contributed by atoms with Gasteiger partial charge in [-0.05, 0) is 95.5 Å². The third-order valence-corrected chi connectivity index (χ3v) is 6.20. The first kappa shape index (κ1) is 30.7. The van der Waals surface area contributed by atoms with Crippen molar-refractivity contribution in [3.05, 3.63) is 93.0 Å². The summed E-state index contributed by atoms with van der Waals surface area (Å²) in [6, 6.07) is 17.7. The molecule has 0 amide bonds. The zero-order chi connectivity index (χ0) is 26.8. The molecular weight excluding hydrogens is 619 g/mol. The van der Waals surface area contributed by atoms with Gasteiger partial charge in [-0.1, -0.05) is 72.1 Å². The molecule has 3 aromatic carbocycles.